The Morgan fingerprint density at radius 1 is 1.24 bits per heavy atom. The molecule has 150 valence electrons. The molecular weight excluding hydrogens is 376 g/mol. The highest BCUT2D eigenvalue weighted by atomic mass is 16.4. The zero-order valence-electron chi connectivity index (χ0n) is 15.8. The summed E-state index contributed by atoms with van der Waals surface area (Å²) >= 11 is 0. The van der Waals surface area contributed by atoms with Gasteiger partial charge < -0.3 is 20.6 Å². The van der Waals surface area contributed by atoms with Crippen LogP contribution in [0.1, 0.15) is 31.0 Å². The average molecular weight is 396 g/mol. The molecule has 10 nitrogen and oxygen atoms in total. The van der Waals surface area contributed by atoms with Gasteiger partial charge in [0.1, 0.15) is 6.10 Å². The first kappa shape index (κ1) is 20.2. The average Bonchev–Trinajstić information content (AvgIpc) is 3.16. The number of hydrogen-bond acceptors (Lipinski definition) is 8. The van der Waals surface area contributed by atoms with Crippen molar-refractivity contribution in [3.8, 4) is 11.8 Å². The van der Waals surface area contributed by atoms with Gasteiger partial charge >= 0.3 is 5.97 Å². The van der Waals surface area contributed by atoms with Gasteiger partial charge in [-0.05, 0) is 24.5 Å². The van der Waals surface area contributed by atoms with E-state index in [1.54, 1.807) is 38.5 Å². The van der Waals surface area contributed by atoms with Crippen molar-refractivity contribution in [2.75, 3.05) is 12.4 Å². The van der Waals surface area contributed by atoms with Crippen molar-refractivity contribution in [1.29, 1.82) is 0 Å². The number of aliphatic hydroxyl groups is 2. The smallest absolute Gasteiger partial charge is 0.309 e. The summed E-state index contributed by atoms with van der Waals surface area (Å²) in [5, 5.41) is 33.1. The molecule has 3 aromatic heterocycles. The summed E-state index contributed by atoms with van der Waals surface area (Å²) in [6, 6.07) is 3.48. The SMILES string of the molecule is CC[C@H](C(=O)O)[C@@H](O)[C@@H](O)n1cnc2c(NC)nc(C#Cc3ccncc3)nc21. The van der Waals surface area contributed by atoms with Gasteiger partial charge in [-0.25, -0.2) is 15.0 Å². The second kappa shape index (κ2) is 8.64. The van der Waals surface area contributed by atoms with Crippen LogP contribution in [0.4, 0.5) is 5.82 Å². The number of fused-ring (bicyclic) bond motifs is 1. The minimum absolute atomic E-state index is 0.152. The first-order valence-corrected chi connectivity index (χ1v) is 8.89. The molecule has 0 amide bonds. The molecule has 0 saturated heterocycles. The van der Waals surface area contributed by atoms with Gasteiger partial charge in [0.2, 0.25) is 5.82 Å². The van der Waals surface area contributed by atoms with Gasteiger partial charge in [-0.3, -0.25) is 14.3 Å². The Morgan fingerprint density at radius 3 is 2.59 bits per heavy atom. The minimum Gasteiger partial charge on any atom is -0.481 e. The maximum atomic E-state index is 11.3. The van der Waals surface area contributed by atoms with Crippen molar-refractivity contribution in [3.05, 3.63) is 42.2 Å². The Kier molecular flexibility index (Phi) is 6.01. The molecule has 4 N–H and O–H groups in total. The van der Waals surface area contributed by atoms with Crippen LogP contribution in [0, 0.1) is 17.8 Å². The topological polar surface area (TPSA) is 146 Å². The Morgan fingerprint density at radius 2 is 1.97 bits per heavy atom. The number of aromatic nitrogens is 5. The summed E-state index contributed by atoms with van der Waals surface area (Å²) in [5.74, 6) is 3.99. The van der Waals surface area contributed by atoms with E-state index in [1.165, 1.54) is 10.9 Å². The van der Waals surface area contributed by atoms with Crippen molar-refractivity contribution >= 4 is 23.0 Å². The number of pyridine rings is 1. The first-order valence-electron chi connectivity index (χ1n) is 8.89. The summed E-state index contributed by atoms with van der Waals surface area (Å²) in [4.78, 5) is 28.1. The van der Waals surface area contributed by atoms with E-state index in [-0.39, 0.29) is 17.9 Å². The molecule has 3 rings (SSSR count). The van der Waals surface area contributed by atoms with E-state index in [4.69, 9.17) is 0 Å². The lowest BCUT2D eigenvalue weighted by atomic mass is 9.98. The number of imidazole rings is 1. The fourth-order valence-electron chi connectivity index (χ4n) is 2.84. The zero-order valence-corrected chi connectivity index (χ0v) is 15.8. The van der Waals surface area contributed by atoms with Gasteiger partial charge in [-0.2, -0.15) is 0 Å². The predicted octanol–water partition coefficient (Wildman–Crippen LogP) is 0.625. The van der Waals surface area contributed by atoms with Gasteiger partial charge in [-0.1, -0.05) is 12.8 Å². The highest BCUT2D eigenvalue weighted by molar-refractivity contribution is 5.83. The maximum absolute atomic E-state index is 11.3. The summed E-state index contributed by atoms with van der Waals surface area (Å²) in [6.45, 7) is 1.62. The van der Waals surface area contributed by atoms with Crippen molar-refractivity contribution in [3.63, 3.8) is 0 Å². The van der Waals surface area contributed by atoms with E-state index in [0.29, 0.717) is 11.3 Å². The van der Waals surface area contributed by atoms with E-state index in [2.05, 4.69) is 37.1 Å². The van der Waals surface area contributed by atoms with Gasteiger partial charge in [-0.15, -0.1) is 0 Å². The lowest BCUT2D eigenvalue weighted by Gasteiger charge is -2.23. The Labute approximate surface area is 166 Å². The molecule has 0 aromatic carbocycles. The van der Waals surface area contributed by atoms with Gasteiger partial charge in [0.15, 0.2) is 23.2 Å². The third-order valence-electron chi connectivity index (χ3n) is 4.42. The molecule has 0 saturated carbocycles. The van der Waals surface area contributed by atoms with Crippen molar-refractivity contribution in [1.82, 2.24) is 24.5 Å². The summed E-state index contributed by atoms with van der Waals surface area (Å²) in [7, 11) is 1.66. The summed E-state index contributed by atoms with van der Waals surface area (Å²) in [5.41, 5.74) is 1.30. The highest BCUT2D eigenvalue weighted by Gasteiger charge is 2.32. The Balaban J connectivity index is 2.04. The number of nitrogens with one attached hydrogen (secondary N) is 1. The Bertz CT molecular complexity index is 1070. The van der Waals surface area contributed by atoms with Crippen molar-refractivity contribution in [2.45, 2.75) is 25.7 Å². The second-order valence-electron chi connectivity index (χ2n) is 6.21. The van der Waals surface area contributed by atoms with Crippen LogP contribution in [-0.2, 0) is 4.79 Å². The predicted molar refractivity (Wildman–Crippen MR) is 104 cm³/mol. The highest BCUT2D eigenvalue weighted by Crippen LogP contribution is 2.25. The molecule has 3 atom stereocenters. The Hall–Kier alpha value is -3.55. The molecule has 10 heteroatoms. The number of carboxylic acids is 1. The van der Waals surface area contributed by atoms with Crippen LogP contribution in [0.15, 0.2) is 30.9 Å². The van der Waals surface area contributed by atoms with Crippen molar-refractivity contribution in [2.24, 2.45) is 5.92 Å². The zero-order chi connectivity index (χ0) is 21.0. The van der Waals surface area contributed by atoms with Crippen LogP contribution in [0.2, 0.25) is 0 Å². The van der Waals surface area contributed by atoms with Gasteiger partial charge in [0.25, 0.3) is 0 Å². The molecule has 0 spiro atoms. The summed E-state index contributed by atoms with van der Waals surface area (Å²) < 4.78 is 1.21. The lowest BCUT2D eigenvalue weighted by Crippen LogP contribution is -2.35. The quantitative estimate of drug-likeness (QED) is 0.440. The molecule has 0 fully saturated rings. The number of hydrogen-bond donors (Lipinski definition) is 4. The molecule has 0 aliphatic heterocycles. The fraction of sp³-hybridized carbons (Fsp3) is 0.316. The number of anilines is 1. The monoisotopic (exact) mass is 396 g/mol. The van der Waals surface area contributed by atoms with Crippen LogP contribution in [0.25, 0.3) is 11.2 Å². The number of carboxylic acid groups (broad SMARTS) is 1. The van der Waals surface area contributed by atoms with E-state index in [9.17, 15) is 20.1 Å². The fourth-order valence-corrected chi connectivity index (χ4v) is 2.84. The number of nitrogens with zero attached hydrogens (tertiary/aromatic N) is 5. The molecular formula is C19H20N6O4. The van der Waals surface area contributed by atoms with E-state index in [1.807, 2.05) is 0 Å². The molecule has 0 radical (unpaired) electrons. The number of carbonyl (C=O) groups is 1. The normalized spacial score (nSPS) is 13.9. The number of rotatable bonds is 6. The lowest BCUT2D eigenvalue weighted by molar-refractivity contribution is -0.152. The molecule has 0 aliphatic carbocycles. The van der Waals surface area contributed by atoms with E-state index >= 15 is 0 Å². The van der Waals surface area contributed by atoms with E-state index in [0.717, 1.165) is 5.56 Å². The second-order valence-corrected chi connectivity index (χ2v) is 6.21. The molecule has 29 heavy (non-hydrogen) atoms. The van der Waals surface area contributed by atoms with Crippen LogP contribution in [0.3, 0.4) is 0 Å². The molecule has 0 aliphatic rings. The third kappa shape index (κ3) is 4.16. The molecule has 0 unspecified atom stereocenters. The maximum Gasteiger partial charge on any atom is 0.309 e. The van der Waals surface area contributed by atoms with Crippen LogP contribution in [0.5, 0.6) is 0 Å². The van der Waals surface area contributed by atoms with Gasteiger partial charge in [0.05, 0.1) is 12.2 Å². The molecule has 3 heterocycles. The standard InChI is InChI=1S/C19H20N6O4/c1-3-12(19(28)29)15(26)18(27)25-10-22-14-16(20-2)23-13(24-17(14)25)5-4-11-6-8-21-9-7-11/h6-10,12,15,18,26-27H,3H2,1-2H3,(H,28,29)(H,20,23,24)/t12-,15+,18+/m0/s1. The third-order valence-corrected chi connectivity index (χ3v) is 4.42. The van der Waals surface area contributed by atoms with Crippen LogP contribution >= 0.6 is 0 Å². The van der Waals surface area contributed by atoms with Gasteiger partial charge in [0, 0.05) is 25.0 Å². The van der Waals surface area contributed by atoms with Crippen molar-refractivity contribution < 1.29 is 20.1 Å². The molecule has 0 bridgehead atoms. The number of aliphatic hydroxyl groups excluding tert-OH is 2. The largest absolute Gasteiger partial charge is 0.481 e. The first-order chi connectivity index (χ1) is 14.0. The molecule has 3 aromatic rings. The van der Waals surface area contributed by atoms with E-state index < -0.39 is 24.2 Å². The minimum atomic E-state index is -1.55. The number of aliphatic carboxylic acids is 1. The van der Waals surface area contributed by atoms with Crippen LogP contribution < -0.4 is 5.32 Å². The summed E-state index contributed by atoms with van der Waals surface area (Å²) in [6.07, 6.45) is 1.57. The van der Waals surface area contributed by atoms with Crippen LogP contribution in [-0.4, -0.2) is 58.9 Å².